The van der Waals surface area contributed by atoms with E-state index >= 15 is 0 Å². The average Bonchev–Trinajstić information content (AvgIpc) is 2.60. The van der Waals surface area contributed by atoms with Crippen molar-refractivity contribution in [2.24, 2.45) is 0 Å². The number of hydrogen-bond acceptors (Lipinski definition) is 7. The van der Waals surface area contributed by atoms with Gasteiger partial charge in [-0.25, -0.2) is 4.98 Å². The molecule has 3 heterocycles. The van der Waals surface area contributed by atoms with Gasteiger partial charge < -0.3 is 24.8 Å². The molecule has 0 spiro atoms. The zero-order chi connectivity index (χ0) is 15.9. The summed E-state index contributed by atoms with van der Waals surface area (Å²) in [5, 5.41) is 0. The van der Waals surface area contributed by atoms with Crippen LogP contribution in [0.5, 0.6) is 11.8 Å². The van der Waals surface area contributed by atoms with E-state index in [1.54, 1.807) is 12.3 Å². The van der Waals surface area contributed by atoms with E-state index in [0.29, 0.717) is 30.8 Å². The number of nitrogens with zero attached hydrogens (tertiary/aromatic N) is 3. The molecular formula is C16H20N4O3. The number of ether oxygens (including phenoxy) is 3. The first kappa shape index (κ1) is 15.4. The van der Waals surface area contributed by atoms with Gasteiger partial charge in [-0.2, -0.15) is 4.98 Å². The Morgan fingerprint density at radius 2 is 1.87 bits per heavy atom. The van der Waals surface area contributed by atoms with Gasteiger partial charge in [0.15, 0.2) is 0 Å². The Morgan fingerprint density at radius 1 is 1.09 bits per heavy atom. The van der Waals surface area contributed by atoms with Gasteiger partial charge in [-0.05, 0) is 6.07 Å². The van der Waals surface area contributed by atoms with E-state index in [-0.39, 0.29) is 0 Å². The lowest BCUT2D eigenvalue weighted by Gasteiger charge is -2.29. The molecule has 1 saturated heterocycles. The minimum atomic E-state index is 0.371. The van der Waals surface area contributed by atoms with Gasteiger partial charge in [0.25, 0.3) is 0 Å². The molecule has 122 valence electrons. The van der Waals surface area contributed by atoms with Crippen molar-refractivity contribution in [1.29, 1.82) is 0 Å². The maximum Gasteiger partial charge on any atom is 0.217 e. The summed E-state index contributed by atoms with van der Waals surface area (Å²) in [6.45, 7) is 3.87. The van der Waals surface area contributed by atoms with E-state index in [1.165, 1.54) is 0 Å². The summed E-state index contributed by atoms with van der Waals surface area (Å²) < 4.78 is 16.5. The highest BCUT2D eigenvalue weighted by Crippen LogP contribution is 2.23. The Balaban J connectivity index is 1.54. The average molecular weight is 316 g/mol. The molecule has 0 saturated carbocycles. The fraction of sp³-hybridized carbons (Fsp3) is 0.375. The zero-order valence-electron chi connectivity index (χ0n) is 12.9. The molecule has 1 aliphatic heterocycles. The third-order valence-electron chi connectivity index (χ3n) is 3.40. The van der Waals surface area contributed by atoms with Gasteiger partial charge in [-0.1, -0.05) is 6.07 Å². The van der Waals surface area contributed by atoms with E-state index in [1.807, 2.05) is 24.3 Å². The SMILES string of the molecule is Nc1cc(N2CCOCC2)cc(OCCOc2ccccn2)n1. The van der Waals surface area contributed by atoms with Crippen molar-refractivity contribution < 1.29 is 14.2 Å². The Morgan fingerprint density at radius 3 is 2.61 bits per heavy atom. The van der Waals surface area contributed by atoms with Crippen molar-refractivity contribution in [3.8, 4) is 11.8 Å². The van der Waals surface area contributed by atoms with Crippen LogP contribution < -0.4 is 20.1 Å². The summed E-state index contributed by atoms with van der Waals surface area (Å²) in [7, 11) is 0. The number of aromatic nitrogens is 2. The second-order valence-electron chi connectivity index (χ2n) is 5.05. The van der Waals surface area contributed by atoms with Crippen LogP contribution in [0, 0.1) is 0 Å². The normalized spacial score (nSPS) is 14.5. The first-order valence-electron chi connectivity index (χ1n) is 7.58. The van der Waals surface area contributed by atoms with Crippen LogP contribution >= 0.6 is 0 Å². The zero-order valence-corrected chi connectivity index (χ0v) is 12.9. The lowest BCUT2D eigenvalue weighted by atomic mass is 10.3. The molecule has 0 amide bonds. The molecule has 23 heavy (non-hydrogen) atoms. The van der Waals surface area contributed by atoms with Crippen molar-refractivity contribution >= 4 is 11.5 Å². The van der Waals surface area contributed by atoms with Gasteiger partial charge >= 0.3 is 0 Å². The summed E-state index contributed by atoms with van der Waals surface area (Å²) >= 11 is 0. The molecule has 7 heteroatoms. The number of pyridine rings is 2. The smallest absolute Gasteiger partial charge is 0.217 e. The fourth-order valence-corrected chi connectivity index (χ4v) is 2.31. The first-order chi connectivity index (χ1) is 11.3. The fourth-order valence-electron chi connectivity index (χ4n) is 2.31. The summed E-state index contributed by atoms with van der Waals surface area (Å²) in [6, 6.07) is 9.25. The van der Waals surface area contributed by atoms with E-state index in [4.69, 9.17) is 19.9 Å². The van der Waals surface area contributed by atoms with Crippen LogP contribution in [0.15, 0.2) is 36.5 Å². The third kappa shape index (κ3) is 4.46. The molecule has 0 radical (unpaired) electrons. The maximum absolute atomic E-state index is 5.87. The molecule has 0 aliphatic carbocycles. The van der Waals surface area contributed by atoms with Crippen LogP contribution in [0.25, 0.3) is 0 Å². The predicted molar refractivity (Wildman–Crippen MR) is 86.9 cm³/mol. The minimum absolute atomic E-state index is 0.371. The number of nitrogen functional groups attached to an aromatic ring is 1. The number of nitrogens with two attached hydrogens (primary N) is 1. The van der Waals surface area contributed by atoms with E-state index in [2.05, 4.69) is 14.9 Å². The van der Waals surface area contributed by atoms with Gasteiger partial charge in [0.05, 0.1) is 13.2 Å². The predicted octanol–water partition coefficient (Wildman–Crippen LogP) is 1.35. The number of anilines is 2. The quantitative estimate of drug-likeness (QED) is 0.805. The first-order valence-corrected chi connectivity index (χ1v) is 7.58. The van der Waals surface area contributed by atoms with Crippen LogP contribution in [-0.4, -0.2) is 49.5 Å². The van der Waals surface area contributed by atoms with Gasteiger partial charge in [-0.3, -0.25) is 0 Å². The Bertz CT molecular complexity index is 618. The second kappa shape index (κ2) is 7.64. The van der Waals surface area contributed by atoms with E-state index in [9.17, 15) is 0 Å². The topological polar surface area (TPSA) is 82.7 Å². The summed E-state index contributed by atoms with van der Waals surface area (Å²) in [5.74, 6) is 1.51. The van der Waals surface area contributed by atoms with Crippen LogP contribution in [-0.2, 0) is 4.74 Å². The Hall–Kier alpha value is -2.54. The highest BCUT2D eigenvalue weighted by atomic mass is 16.5. The highest BCUT2D eigenvalue weighted by Gasteiger charge is 2.13. The lowest BCUT2D eigenvalue weighted by molar-refractivity contribution is 0.122. The molecule has 0 aromatic carbocycles. The van der Waals surface area contributed by atoms with Crippen molar-refractivity contribution in [2.75, 3.05) is 50.2 Å². The standard InChI is InChI=1S/C16H20N4O3/c17-14-11-13(20-5-7-21-8-6-20)12-16(19-14)23-10-9-22-15-3-1-2-4-18-15/h1-4,11-12H,5-10H2,(H2,17,19). The lowest BCUT2D eigenvalue weighted by Crippen LogP contribution is -2.36. The molecule has 2 aromatic rings. The van der Waals surface area contributed by atoms with Gasteiger partial charge in [0.2, 0.25) is 11.8 Å². The number of morpholine rings is 1. The monoisotopic (exact) mass is 316 g/mol. The largest absolute Gasteiger partial charge is 0.474 e. The van der Waals surface area contributed by atoms with Crippen LogP contribution in [0.2, 0.25) is 0 Å². The summed E-state index contributed by atoms with van der Waals surface area (Å²) in [6.07, 6.45) is 1.68. The molecule has 0 atom stereocenters. The third-order valence-corrected chi connectivity index (χ3v) is 3.40. The molecular weight excluding hydrogens is 296 g/mol. The van der Waals surface area contributed by atoms with Crippen molar-refractivity contribution in [3.05, 3.63) is 36.5 Å². The summed E-state index contributed by atoms with van der Waals surface area (Å²) in [5.41, 5.74) is 6.87. The van der Waals surface area contributed by atoms with Gasteiger partial charge in [0, 0.05) is 43.2 Å². The minimum Gasteiger partial charge on any atom is -0.474 e. The van der Waals surface area contributed by atoms with E-state index in [0.717, 1.165) is 32.0 Å². The molecule has 7 nitrogen and oxygen atoms in total. The highest BCUT2D eigenvalue weighted by molar-refractivity contribution is 5.55. The molecule has 0 bridgehead atoms. The number of rotatable bonds is 6. The Kier molecular flexibility index (Phi) is 5.10. The van der Waals surface area contributed by atoms with Gasteiger partial charge in [-0.15, -0.1) is 0 Å². The molecule has 2 aromatic heterocycles. The molecule has 3 rings (SSSR count). The summed E-state index contributed by atoms with van der Waals surface area (Å²) in [4.78, 5) is 10.5. The van der Waals surface area contributed by atoms with Crippen LogP contribution in [0.1, 0.15) is 0 Å². The van der Waals surface area contributed by atoms with Crippen LogP contribution in [0.3, 0.4) is 0 Å². The van der Waals surface area contributed by atoms with Crippen molar-refractivity contribution in [3.63, 3.8) is 0 Å². The second-order valence-corrected chi connectivity index (χ2v) is 5.05. The molecule has 2 N–H and O–H groups in total. The van der Waals surface area contributed by atoms with Crippen molar-refractivity contribution in [2.45, 2.75) is 0 Å². The van der Waals surface area contributed by atoms with Crippen molar-refractivity contribution in [1.82, 2.24) is 9.97 Å². The van der Waals surface area contributed by atoms with E-state index < -0.39 is 0 Å². The molecule has 1 aliphatic rings. The molecule has 1 fully saturated rings. The number of hydrogen-bond donors (Lipinski definition) is 1. The molecule has 0 unspecified atom stereocenters. The Labute approximate surface area is 135 Å². The van der Waals surface area contributed by atoms with Gasteiger partial charge in [0.1, 0.15) is 19.0 Å². The van der Waals surface area contributed by atoms with Crippen LogP contribution in [0.4, 0.5) is 11.5 Å². The maximum atomic E-state index is 5.87.